The van der Waals surface area contributed by atoms with E-state index in [9.17, 15) is 4.79 Å². The summed E-state index contributed by atoms with van der Waals surface area (Å²) in [5.74, 6) is 1.76. The molecule has 6 nitrogen and oxygen atoms in total. The van der Waals surface area contributed by atoms with Gasteiger partial charge in [0, 0.05) is 23.7 Å². The van der Waals surface area contributed by atoms with Crippen molar-refractivity contribution in [2.75, 3.05) is 0 Å². The van der Waals surface area contributed by atoms with Gasteiger partial charge in [-0.05, 0) is 63.7 Å². The number of benzene rings is 7. The molecule has 9 rings (SSSR count). The van der Waals surface area contributed by atoms with Gasteiger partial charge in [0.2, 0.25) is 0 Å². The van der Waals surface area contributed by atoms with Gasteiger partial charge in [-0.15, -0.1) is 0 Å². The van der Waals surface area contributed by atoms with Crippen molar-refractivity contribution < 1.29 is 0 Å². The van der Waals surface area contributed by atoms with Gasteiger partial charge in [0.15, 0.2) is 17.5 Å². The van der Waals surface area contributed by atoms with Crippen LogP contribution in [0.15, 0.2) is 187 Å². The Hall–Kier alpha value is -7.18. The van der Waals surface area contributed by atoms with Gasteiger partial charge < -0.3 is 0 Å². The van der Waals surface area contributed by atoms with Gasteiger partial charge in [-0.25, -0.2) is 19.7 Å². The summed E-state index contributed by atoms with van der Waals surface area (Å²) in [4.78, 5) is 28.7. The van der Waals surface area contributed by atoms with Crippen LogP contribution in [0.5, 0.6) is 0 Å². The Morgan fingerprint density at radius 3 is 1.58 bits per heavy atom. The zero-order valence-electron chi connectivity index (χ0n) is 29.0. The minimum Gasteiger partial charge on any atom is -0.295 e. The van der Waals surface area contributed by atoms with Crippen LogP contribution in [0.1, 0.15) is 0 Å². The molecule has 0 saturated heterocycles. The van der Waals surface area contributed by atoms with E-state index >= 15 is 0 Å². The van der Waals surface area contributed by atoms with Crippen molar-refractivity contribution in [3.63, 3.8) is 0 Å². The maximum Gasteiger partial charge on any atom is 0.333 e. The van der Waals surface area contributed by atoms with Crippen molar-refractivity contribution in [3.8, 4) is 73.2 Å². The fourth-order valence-electron chi connectivity index (χ4n) is 6.93. The SMILES string of the molecule is Cn1c(=O)n(-c2ccccc2)c2cc(-c3cccc(-c4nc(-c5ccc(-c6ccccc6)cc5)nc(-c5ccccc5-c5ccccc5)n4)c3)ccc21. The third-order valence-corrected chi connectivity index (χ3v) is 9.66. The first-order chi connectivity index (χ1) is 26.1. The molecule has 0 aliphatic carbocycles. The molecular weight excluding hydrogens is 651 g/mol. The van der Waals surface area contributed by atoms with E-state index in [1.54, 1.807) is 9.13 Å². The molecule has 0 amide bonds. The number of aryl methyl sites for hydroxylation is 1. The Bertz CT molecular complexity index is 2790. The number of para-hydroxylation sites is 1. The van der Waals surface area contributed by atoms with Crippen molar-refractivity contribution in [2.24, 2.45) is 7.05 Å². The van der Waals surface area contributed by atoms with E-state index in [4.69, 9.17) is 15.0 Å². The second-order valence-corrected chi connectivity index (χ2v) is 13.0. The number of aromatic nitrogens is 5. The molecule has 0 N–H and O–H groups in total. The van der Waals surface area contributed by atoms with Crippen molar-refractivity contribution in [2.45, 2.75) is 0 Å². The normalized spacial score (nSPS) is 11.2. The standard InChI is InChI=1S/C47H33N5O/c1-51-42-29-28-37(31-43(42)52(47(51)53)39-20-9-4-10-21-39)36-18-13-19-38(30-36)45-48-44(35-26-24-33(25-27-35)32-14-5-2-6-15-32)49-46(50-45)41-23-12-11-22-40(41)34-16-7-3-8-17-34/h2-31H,1H3. The van der Waals surface area contributed by atoms with Crippen LogP contribution in [0.3, 0.4) is 0 Å². The first-order valence-electron chi connectivity index (χ1n) is 17.6. The zero-order valence-corrected chi connectivity index (χ0v) is 29.0. The molecule has 0 fully saturated rings. The molecule has 0 radical (unpaired) electrons. The van der Waals surface area contributed by atoms with Gasteiger partial charge in [-0.3, -0.25) is 9.13 Å². The Morgan fingerprint density at radius 1 is 0.377 bits per heavy atom. The summed E-state index contributed by atoms with van der Waals surface area (Å²) in [5.41, 5.74) is 11.5. The fraction of sp³-hybridized carbons (Fsp3) is 0.0213. The zero-order chi connectivity index (χ0) is 35.7. The first kappa shape index (κ1) is 31.8. The van der Waals surface area contributed by atoms with Gasteiger partial charge in [-0.1, -0.05) is 152 Å². The Balaban J connectivity index is 1.18. The number of nitrogens with zero attached hydrogens (tertiary/aromatic N) is 5. The molecule has 7 aromatic carbocycles. The molecule has 252 valence electrons. The van der Waals surface area contributed by atoms with E-state index in [1.165, 1.54) is 0 Å². The molecule has 0 saturated carbocycles. The average molecular weight is 684 g/mol. The average Bonchev–Trinajstić information content (AvgIpc) is 3.49. The van der Waals surface area contributed by atoms with E-state index < -0.39 is 0 Å². The third kappa shape index (κ3) is 6.02. The Kier molecular flexibility index (Phi) is 8.10. The molecule has 2 aromatic heterocycles. The molecule has 2 heterocycles. The van der Waals surface area contributed by atoms with Crippen molar-refractivity contribution >= 4 is 11.0 Å². The Morgan fingerprint density at radius 2 is 0.868 bits per heavy atom. The maximum absolute atomic E-state index is 13.4. The van der Waals surface area contributed by atoms with Gasteiger partial charge >= 0.3 is 5.69 Å². The van der Waals surface area contributed by atoms with Crippen LogP contribution >= 0.6 is 0 Å². The maximum atomic E-state index is 13.4. The molecule has 9 aromatic rings. The molecule has 0 aliphatic heterocycles. The highest BCUT2D eigenvalue weighted by Crippen LogP contribution is 2.34. The summed E-state index contributed by atoms with van der Waals surface area (Å²) in [6.07, 6.45) is 0. The summed E-state index contributed by atoms with van der Waals surface area (Å²) in [5, 5.41) is 0. The molecule has 53 heavy (non-hydrogen) atoms. The van der Waals surface area contributed by atoms with Crippen LogP contribution in [0, 0.1) is 0 Å². The summed E-state index contributed by atoms with van der Waals surface area (Å²) in [6.45, 7) is 0. The van der Waals surface area contributed by atoms with Crippen molar-refractivity contribution in [3.05, 3.63) is 192 Å². The van der Waals surface area contributed by atoms with Crippen LogP contribution in [-0.2, 0) is 7.05 Å². The van der Waals surface area contributed by atoms with Crippen LogP contribution in [-0.4, -0.2) is 24.1 Å². The van der Waals surface area contributed by atoms with Crippen LogP contribution in [0.2, 0.25) is 0 Å². The van der Waals surface area contributed by atoms with Crippen molar-refractivity contribution in [1.29, 1.82) is 0 Å². The number of imidazole rings is 1. The molecule has 0 unspecified atom stereocenters. The quantitative estimate of drug-likeness (QED) is 0.168. The predicted molar refractivity (Wildman–Crippen MR) is 215 cm³/mol. The smallest absolute Gasteiger partial charge is 0.295 e. The molecule has 0 atom stereocenters. The number of rotatable bonds is 7. The van der Waals surface area contributed by atoms with Crippen LogP contribution in [0.4, 0.5) is 0 Å². The lowest BCUT2D eigenvalue weighted by Gasteiger charge is -2.13. The van der Waals surface area contributed by atoms with Gasteiger partial charge in [0.1, 0.15) is 0 Å². The highest BCUT2D eigenvalue weighted by Gasteiger charge is 2.17. The topological polar surface area (TPSA) is 65.6 Å². The molecular formula is C47H33N5O. The van der Waals surface area contributed by atoms with Crippen molar-refractivity contribution in [1.82, 2.24) is 24.1 Å². The largest absolute Gasteiger partial charge is 0.333 e. The van der Waals surface area contributed by atoms with E-state index in [0.717, 1.165) is 66.8 Å². The number of hydrogen-bond acceptors (Lipinski definition) is 4. The summed E-state index contributed by atoms with van der Waals surface area (Å²) >= 11 is 0. The third-order valence-electron chi connectivity index (χ3n) is 9.66. The monoisotopic (exact) mass is 683 g/mol. The highest BCUT2D eigenvalue weighted by molar-refractivity contribution is 5.86. The predicted octanol–water partition coefficient (Wildman–Crippen LogP) is 10.5. The molecule has 0 aliphatic rings. The van der Waals surface area contributed by atoms with Crippen LogP contribution in [0.25, 0.3) is 84.3 Å². The lowest BCUT2D eigenvalue weighted by molar-refractivity contribution is 0.846. The number of hydrogen-bond donors (Lipinski definition) is 0. The molecule has 6 heteroatoms. The second kappa shape index (κ2) is 13.5. The van der Waals surface area contributed by atoms with E-state index in [1.807, 2.05) is 104 Å². The number of fused-ring (bicyclic) bond motifs is 1. The minimum atomic E-state index is -0.0880. The van der Waals surface area contributed by atoms with E-state index in [0.29, 0.717) is 17.5 Å². The summed E-state index contributed by atoms with van der Waals surface area (Å²) < 4.78 is 3.45. The van der Waals surface area contributed by atoms with E-state index in [-0.39, 0.29) is 5.69 Å². The van der Waals surface area contributed by atoms with Gasteiger partial charge in [0.25, 0.3) is 0 Å². The molecule has 0 spiro atoms. The summed E-state index contributed by atoms with van der Waals surface area (Å²) in [6, 6.07) is 61.4. The van der Waals surface area contributed by atoms with Gasteiger partial charge in [-0.2, -0.15) is 0 Å². The molecule has 0 bridgehead atoms. The van der Waals surface area contributed by atoms with Crippen LogP contribution < -0.4 is 5.69 Å². The first-order valence-corrected chi connectivity index (χ1v) is 17.6. The van der Waals surface area contributed by atoms with Gasteiger partial charge in [0.05, 0.1) is 16.7 Å². The highest BCUT2D eigenvalue weighted by atomic mass is 16.1. The minimum absolute atomic E-state index is 0.0880. The second-order valence-electron chi connectivity index (χ2n) is 13.0. The lowest BCUT2D eigenvalue weighted by Crippen LogP contribution is -2.20. The van der Waals surface area contributed by atoms with E-state index in [2.05, 4.69) is 84.9 Å². The lowest BCUT2D eigenvalue weighted by atomic mass is 9.99. The summed E-state index contributed by atoms with van der Waals surface area (Å²) in [7, 11) is 1.81. The fourth-order valence-corrected chi connectivity index (χ4v) is 6.93. The Labute approximate surface area is 307 Å².